The molecule has 3 heterocycles. The van der Waals surface area contributed by atoms with Gasteiger partial charge in [0, 0.05) is 36.0 Å². The number of fused-ring (bicyclic) bond motifs is 1. The Labute approximate surface area is 144 Å². The highest BCUT2D eigenvalue weighted by atomic mass is 16.5. The van der Waals surface area contributed by atoms with Crippen LogP contribution in [0.15, 0.2) is 43.0 Å². The highest BCUT2D eigenvalue weighted by Crippen LogP contribution is 2.26. The van der Waals surface area contributed by atoms with Gasteiger partial charge in [-0.15, -0.1) is 0 Å². The van der Waals surface area contributed by atoms with Crippen LogP contribution < -0.4 is 4.74 Å². The third kappa shape index (κ3) is 2.94. The largest absolute Gasteiger partial charge is 0.497 e. The standard InChI is InChI=1S/C18H18N4O3/c1-24-12-2-3-15-13(8-12)14(9-21-15)18(23)22-6-7-25-17(11-22)16-10-19-4-5-20-16/h2-5,8-10,17,21H,6-7,11H2,1H3. The molecule has 1 aliphatic rings. The van der Waals surface area contributed by atoms with E-state index in [4.69, 9.17) is 9.47 Å². The third-order valence-electron chi connectivity index (χ3n) is 4.39. The summed E-state index contributed by atoms with van der Waals surface area (Å²) in [6, 6.07) is 5.65. The summed E-state index contributed by atoms with van der Waals surface area (Å²) in [6.45, 7) is 1.47. The van der Waals surface area contributed by atoms with Crippen molar-refractivity contribution in [3.05, 3.63) is 54.2 Å². The molecule has 1 unspecified atom stereocenters. The van der Waals surface area contributed by atoms with Crippen LogP contribution in [0, 0.1) is 0 Å². The summed E-state index contributed by atoms with van der Waals surface area (Å²) in [5.74, 6) is 0.692. The summed E-state index contributed by atoms with van der Waals surface area (Å²) < 4.78 is 11.0. The summed E-state index contributed by atoms with van der Waals surface area (Å²) in [4.78, 5) is 26.3. The Hall–Kier alpha value is -2.93. The van der Waals surface area contributed by atoms with Gasteiger partial charge in [0.05, 0.1) is 37.7 Å². The van der Waals surface area contributed by atoms with Gasteiger partial charge in [-0.2, -0.15) is 0 Å². The van der Waals surface area contributed by atoms with E-state index in [9.17, 15) is 4.79 Å². The van der Waals surface area contributed by atoms with E-state index in [2.05, 4.69) is 15.0 Å². The number of nitrogens with zero attached hydrogens (tertiary/aromatic N) is 3. The normalized spacial score (nSPS) is 17.6. The molecule has 1 atom stereocenters. The molecule has 1 saturated heterocycles. The maximum atomic E-state index is 13.0. The number of aromatic nitrogens is 3. The number of carbonyl (C=O) groups is 1. The summed E-state index contributed by atoms with van der Waals surface area (Å²) in [5, 5.41) is 0.854. The Morgan fingerprint density at radius 1 is 1.40 bits per heavy atom. The van der Waals surface area contributed by atoms with Crippen molar-refractivity contribution >= 4 is 16.8 Å². The molecule has 7 heteroatoms. The molecule has 0 aliphatic carbocycles. The fourth-order valence-electron chi connectivity index (χ4n) is 3.06. The zero-order valence-corrected chi connectivity index (χ0v) is 13.8. The highest BCUT2D eigenvalue weighted by Gasteiger charge is 2.28. The maximum absolute atomic E-state index is 13.0. The third-order valence-corrected chi connectivity index (χ3v) is 4.39. The lowest BCUT2D eigenvalue weighted by Gasteiger charge is -2.32. The lowest BCUT2D eigenvalue weighted by molar-refractivity contribution is -0.0248. The van der Waals surface area contributed by atoms with Gasteiger partial charge < -0.3 is 19.4 Å². The lowest BCUT2D eigenvalue weighted by Crippen LogP contribution is -2.42. The van der Waals surface area contributed by atoms with Crippen molar-refractivity contribution in [3.63, 3.8) is 0 Å². The second-order valence-corrected chi connectivity index (χ2v) is 5.85. The van der Waals surface area contributed by atoms with E-state index in [1.807, 2.05) is 18.2 Å². The number of methoxy groups -OCH3 is 1. The molecule has 1 aliphatic heterocycles. The Morgan fingerprint density at radius 3 is 3.12 bits per heavy atom. The van der Waals surface area contributed by atoms with Gasteiger partial charge in [0.15, 0.2) is 0 Å². The molecular weight excluding hydrogens is 320 g/mol. The van der Waals surface area contributed by atoms with E-state index in [-0.39, 0.29) is 12.0 Å². The smallest absolute Gasteiger partial charge is 0.256 e. The van der Waals surface area contributed by atoms with Crippen molar-refractivity contribution in [2.24, 2.45) is 0 Å². The van der Waals surface area contributed by atoms with Gasteiger partial charge in [-0.1, -0.05) is 0 Å². The Kier molecular flexibility index (Phi) is 4.07. The number of hydrogen-bond donors (Lipinski definition) is 1. The lowest BCUT2D eigenvalue weighted by atomic mass is 10.1. The fraction of sp³-hybridized carbons (Fsp3) is 0.278. The van der Waals surface area contributed by atoms with E-state index in [0.29, 0.717) is 25.3 Å². The average Bonchev–Trinajstić information content (AvgIpc) is 3.11. The number of aromatic amines is 1. The van der Waals surface area contributed by atoms with Gasteiger partial charge in [-0.25, -0.2) is 0 Å². The molecule has 7 nitrogen and oxygen atoms in total. The van der Waals surface area contributed by atoms with E-state index in [0.717, 1.165) is 22.3 Å². The first-order valence-corrected chi connectivity index (χ1v) is 8.08. The van der Waals surface area contributed by atoms with Crippen LogP contribution in [0.5, 0.6) is 5.75 Å². The molecule has 128 valence electrons. The van der Waals surface area contributed by atoms with Crippen molar-refractivity contribution in [2.75, 3.05) is 26.8 Å². The van der Waals surface area contributed by atoms with Crippen LogP contribution in [0.3, 0.4) is 0 Å². The molecule has 0 radical (unpaired) electrons. The maximum Gasteiger partial charge on any atom is 0.256 e. The monoisotopic (exact) mass is 338 g/mol. The average molecular weight is 338 g/mol. The van der Waals surface area contributed by atoms with Crippen LogP contribution in [0.4, 0.5) is 0 Å². The van der Waals surface area contributed by atoms with Crippen molar-refractivity contribution in [1.82, 2.24) is 19.9 Å². The Balaban J connectivity index is 1.60. The predicted octanol–water partition coefficient (Wildman–Crippen LogP) is 2.18. The zero-order valence-electron chi connectivity index (χ0n) is 13.8. The number of nitrogens with one attached hydrogen (secondary N) is 1. The summed E-state index contributed by atoms with van der Waals surface area (Å²) in [6.07, 6.45) is 6.42. The molecule has 0 saturated carbocycles. The molecule has 0 spiro atoms. The summed E-state index contributed by atoms with van der Waals surface area (Å²) in [5.41, 5.74) is 2.28. The van der Waals surface area contributed by atoms with E-state index < -0.39 is 0 Å². The number of rotatable bonds is 3. The number of carbonyl (C=O) groups excluding carboxylic acids is 1. The minimum atomic E-state index is -0.258. The number of H-pyrrole nitrogens is 1. The van der Waals surface area contributed by atoms with Crippen LogP contribution in [-0.4, -0.2) is 52.6 Å². The first-order valence-electron chi connectivity index (χ1n) is 8.08. The second kappa shape index (κ2) is 6.52. The minimum absolute atomic E-state index is 0.0308. The highest BCUT2D eigenvalue weighted by molar-refractivity contribution is 6.07. The molecule has 0 bridgehead atoms. The first kappa shape index (κ1) is 15.6. The van der Waals surface area contributed by atoms with Gasteiger partial charge >= 0.3 is 0 Å². The quantitative estimate of drug-likeness (QED) is 0.792. The molecule has 1 N–H and O–H groups in total. The summed E-state index contributed by atoms with van der Waals surface area (Å²) in [7, 11) is 1.61. The second-order valence-electron chi connectivity index (χ2n) is 5.85. The molecule has 25 heavy (non-hydrogen) atoms. The van der Waals surface area contributed by atoms with Gasteiger partial charge in [0.1, 0.15) is 11.9 Å². The van der Waals surface area contributed by atoms with Gasteiger partial charge in [0.2, 0.25) is 0 Å². The van der Waals surface area contributed by atoms with Crippen molar-refractivity contribution in [1.29, 1.82) is 0 Å². The van der Waals surface area contributed by atoms with Crippen molar-refractivity contribution < 1.29 is 14.3 Å². The molecule has 1 amide bonds. The van der Waals surface area contributed by atoms with E-state index >= 15 is 0 Å². The Bertz CT molecular complexity index is 894. The van der Waals surface area contributed by atoms with Gasteiger partial charge in [-0.3, -0.25) is 14.8 Å². The van der Waals surface area contributed by atoms with Crippen LogP contribution in [0.2, 0.25) is 0 Å². The minimum Gasteiger partial charge on any atom is -0.497 e. The molecule has 1 fully saturated rings. The summed E-state index contributed by atoms with van der Waals surface area (Å²) >= 11 is 0. The van der Waals surface area contributed by atoms with Gasteiger partial charge in [-0.05, 0) is 18.2 Å². The number of ether oxygens (including phenoxy) is 2. The van der Waals surface area contributed by atoms with Crippen LogP contribution in [0.1, 0.15) is 22.2 Å². The van der Waals surface area contributed by atoms with Crippen LogP contribution in [-0.2, 0) is 4.74 Å². The molecular formula is C18H18N4O3. The molecule has 2 aromatic heterocycles. The fourth-order valence-corrected chi connectivity index (χ4v) is 3.06. The van der Waals surface area contributed by atoms with Crippen molar-refractivity contribution in [3.8, 4) is 5.75 Å². The van der Waals surface area contributed by atoms with E-state index in [1.54, 1.807) is 36.8 Å². The molecule has 1 aromatic carbocycles. The topological polar surface area (TPSA) is 80.3 Å². The van der Waals surface area contributed by atoms with Crippen LogP contribution >= 0.6 is 0 Å². The van der Waals surface area contributed by atoms with Crippen LogP contribution in [0.25, 0.3) is 10.9 Å². The molecule has 3 aromatic rings. The van der Waals surface area contributed by atoms with Crippen molar-refractivity contribution in [2.45, 2.75) is 6.10 Å². The number of benzene rings is 1. The predicted molar refractivity (Wildman–Crippen MR) is 91.5 cm³/mol. The number of hydrogen-bond acceptors (Lipinski definition) is 5. The number of morpholine rings is 1. The zero-order chi connectivity index (χ0) is 17.2. The molecule has 4 rings (SSSR count). The Morgan fingerprint density at radius 2 is 2.32 bits per heavy atom. The van der Waals surface area contributed by atoms with Gasteiger partial charge in [0.25, 0.3) is 5.91 Å². The van der Waals surface area contributed by atoms with E-state index in [1.165, 1.54) is 0 Å². The number of amides is 1. The first-order chi connectivity index (χ1) is 12.3. The SMILES string of the molecule is COc1ccc2[nH]cc(C(=O)N3CCOC(c4cnccn4)C3)c2c1.